The van der Waals surface area contributed by atoms with Crippen LogP contribution in [0.3, 0.4) is 0 Å². The Morgan fingerprint density at radius 3 is 2.88 bits per heavy atom. The van der Waals surface area contributed by atoms with E-state index in [1.165, 1.54) is 34.8 Å². The molecule has 2 amide bonds. The van der Waals surface area contributed by atoms with Gasteiger partial charge in [-0.05, 0) is 17.5 Å². The van der Waals surface area contributed by atoms with E-state index in [0.29, 0.717) is 30.2 Å². The summed E-state index contributed by atoms with van der Waals surface area (Å²) in [6.07, 6.45) is 0.606. The van der Waals surface area contributed by atoms with Crippen molar-refractivity contribution in [2.24, 2.45) is 0 Å². The lowest BCUT2D eigenvalue weighted by atomic mass is 10.1. The van der Waals surface area contributed by atoms with Gasteiger partial charge in [0.25, 0.3) is 17.4 Å². The molecular weight excluding hydrogens is 374 g/mol. The number of amides is 2. The van der Waals surface area contributed by atoms with E-state index < -0.39 is 0 Å². The van der Waals surface area contributed by atoms with Gasteiger partial charge in [0.15, 0.2) is 5.13 Å². The molecule has 4 heterocycles. The Morgan fingerprint density at radius 2 is 2.15 bits per heavy atom. The summed E-state index contributed by atoms with van der Waals surface area (Å²) < 4.78 is 0. The van der Waals surface area contributed by atoms with Crippen molar-refractivity contribution < 1.29 is 9.59 Å². The minimum Gasteiger partial charge on any atom is -0.332 e. The van der Waals surface area contributed by atoms with Crippen molar-refractivity contribution in [2.45, 2.75) is 13.0 Å². The number of anilines is 1. The summed E-state index contributed by atoms with van der Waals surface area (Å²) in [4.78, 5) is 42.8. The number of thiazole rings is 1. The van der Waals surface area contributed by atoms with Gasteiger partial charge in [0.1, 0.15) is 5.69 Å². The predicted octanol–water partition coefficient (Wildman–Crippen LogP) is 1.74. The van der Waals surface area contributed by atoms with Gasteiger partial charge in [-0.25, -0.2) is 10.1 Å². The lowest BCUT2D eigenvalue weighted by Crippen LogP contribution is -2.36. The number of carbonyl (C=O) groups excluding carboxylic acids is 2. The van der Waals surface area contributed by atoms with Gasteiger partial charge in [-0.1, -0.05) is 11.3 Å². The number of aromatic nitrogens is 3. The van der Waals surface area contributed by atoms with Crippen LogP contribution in [0.25, 0.3) is 0 Å². The summed E-state index contributed by atoms with van der Waals surface area (Å²) in [5.41, 5.74) is 1.35. The van der Waals surface area contributed by atoms with E-state index in [-0.39, 0.29) is 23.1 Å². The Balaban J connectivity index is 1.48. The summed E-state index contributed by atoms with van der Waals surface area (Å²) >= 11 is 2.83. The average Bonchev–Trinajstić information content (AvgIpc) is 3.30. The molecule has 8 nitrogen and oxygen atoms in total. The second kappa shape index (κ2) is 6.81. The number of hydrogen-bond acceptors (Lipinski definition) is 7. The Labute approximate surface area is 155 Å². The molecule has 0 spiro atoms. The predicted molar refractivity (Wildman–Crippen MR) is 97.7 cm³/mol. The van der Waals surface area contributed by atoms with Crippen LogP contribution in [0, 0.1) is 0 Å². The Morgan fingerprint density at radius 1 is 1.27 bits per heavy atom. The second-order valence-corrected chi connectivity index (χ2v) is 7.50. The van der Waals surface area contributed by atoms with E-state index in [1.807, 2.05) is 5.38 Å². The van der Waals surface area contributed by atoms with Gasteiger partial charge in [-0.15, -0.1) is 0 Å². The molecule has 0 aromatic carbocycles. The minimum atomic E-state index is -0.351. The van der Waals surface area contributed by atoms with Gasteiger partial charge in [0, 0.05) is 29.3 Å². The van der Waals surface area contributed by atoms with E-state index in [0.717, 1.165) is 10.6 Å². The molecule has 2 N–H and O–H groups in total. The molecule has 10 heteroatoms. The number of thiophene rings is 1. The molecule has 4 rings (SSSR count). The number of H-pyrrole nitrogens is 1. The van der Waals surface area contributed by atoms with Gasteiger partial charge >= 0.3 is 0 Å². The quantitative estimate of drug-likeness (QED) is 0.712. The highest BCUT2D eigenvalue weighted by Gasteiger charge is 2.26. The molecule has 1 aliphatic rings. The third kappa shape index (κ3) is 3.28. The van der Waals surface area contributed by atoms with Crippen LogP contribution in [0.4, 0.5) is 5.13 Å². The molecular formula is C16H13N5O3S2. The van der Waals surface area contributed by atoms with Crippen LogP contribution in [0.5, 0.6) is 0 Å². The molecule has 0 bridgehead atoms. The number of hydrogen-bond donors (Lipinski definition) is 2. The van der Waals surface area contributed by atoms with E-state index in [9.17, 15) is 14.4 Å². The maximum atomic E-state index is 12.5. The minimum absolute atomic E-state index is 0.192. The van der Waals surface area contributed by atoms with E-state index in [2.05, 4.69) is 20.5 Å². The molecule has 132 valence electrons. The van der Waals surface area contributed by atoms with Crippen molar-refractivity contribution in [2.75, 3.05) is 11.9 Å². The molecule has 0 aliphatic carbocycles. The molecule has 0 saturated carbocycles. The van der Waals surface area contributed by atoms with Crippen molar-refractivity contribution in [1.29, 1.82) is 0 Å². The molecule has 0 atom stereocenters. The van der Waals surface area contributed by atoms with Crippen molar-refractivity contribution in [3.63, 3.8) is 0 Å². The molecule has 0 saturated heterocycles. The summed E-state index contributed by atoms with van der Waals surface area (Å²) in [7, 11) is 0. The van der Waals surface area contributed by atoms with Crippen molar-refractivity contribution in [1.82, 2.24) is 20.1 Å². The maximum absolute atomic E-state index is 12.5. The zero-order chi connectivity index (χ0) is 18.1. The fourth-order valence-corrected chi connectivity index (χ4v) is 4.27. The van der Waals surface area contributed by atoms with Crippen LogP contribution < -0.4 is 10.9 Å². The molecule has 3 aromatic heterocycles. The monoisotopic (exact) mass is 387 g/mol. The standard InChI is InChI=1S/C16H13N5O3S2/c22-13-2-1-11(19-20-13)15(24)21-5-3-10-12(7-21)26-16(17-10)18-14(23)9-4-6-25-8-9/h1-2,4,6,8H,3,5,7H2,(H,20,22)(H,17,18,23). The van der Waals surface area contributed by atoms with Crippen molar-refractivity contribution >= 4 is 39.6 Å². The van der Waals surface area contributed by atoms with Gasteiger partial charge in [-0.2, -0.15) is 16.4 Å². The topological polar surface area (TPSA) is 108 Å². The van der Waals surface area contributed by atoms with Gasteiger partial charge in [-0.3, -0.25) is 19.7 Å². The van der Waals surface area contributed by atoms with Gasteiger partial charge in [0.2, 0.25) is 0 Å². The summed E-state index contributed by atoms with van der Waals surface area (Å²) in [5, 5.41) is 13.0. The molecule has 0 radical (unpaired) electrons. The number of nitrogens with zero attached hydrogens (tertiary/aromatic N) is 3. The first-order chi connectivity index (χ1) is 12.6. The maximum Gasteiger partial charge on any atom is 0.274 e. The summed E-state index contributed by atoms with van der Waals surface area (Å²) in [5.74, 6) is -0.438. The first kappa shape index (κ1) is 16.6. The van der Waals surface area contributed by atoms with Crippen LogP contribution in [0.1, 0.15) is 31.4 Å². The summed E-state index contributed by atoms with van der Waals surface area (Å²) in [6.45, 7) is 0.912. The molecule has 0 fully saturated rings. The van der Waals surface area contributed by atoms with Gasteiger partial charge < -0.3 is 4.90 Å². The highest BCUT2D eigenvalue weighted by atomic mass is 32.1. The van der Waals surface area contributed by atoms with Crippen molar-refractivity contribution in [3.8, 4) is 0 Å². The van der Waals surface area contributed by atoms with Crippen LogP contribution >= 0.6 is 22.7 Å². The third-order valence-electron chi connectivity index (χ3n) is 3.92. The second-order valence-electron chi connectivity index (χ2n) is 5.64. The van der Waals surface area contributed by atoms with E-state index >= 15 is 0 Å². The van der Waals surface area contributed by atoms with Gasteiger partial charge in [0.05, 0.1) is 17.8 Å². The van der Waals surface area contributed by atoms with Crippen molar-refractivity contribution in [3.05, 3.63) is 61.1 Å². The van der Waals surface area contributed by atoms with Crippen LogP contribution in [-0.4, -0.2) is 38.4 Å². The Hall–Kier alpha value is -2.85. The van der Waals surface area contributed by atoms with Crippen LogP contribution in [-0.2, 0) is 13.0 Å². The largest absolute Gasteiger partial charge is 0.332 e. The molecule has 0 unspecified atom stereocenters. The normalized spacial score (nSPS) is 13.3. The SMILES string of the molecule is O=C(Nc1nc2c(s1)CN(C(=O)c1ccc(=O)[nH]n1)CC2)c1ccsc1. The smallest absolute Gasteiger partial charge is 0.274 e. The van der Waals surface area contributed by atoms with E-state index in [1.54, 1.807) is 16.3 Å². The fourth-order valence-electron chi connectivity index (χ4n) is 2.61. The number of aromatic amines is 1. The third-order valence-corrected chi connectivity index (χ3v) is 5.60. The Bertz CT molecular complexity index is 1000. The van der Waals surface area contributed by atoms with Crippen LogP contribution in [0.15, 0.2) is 33.8 Å². The summed E-state index contributed by atoms with van der Waals surface area (Å²) in [6, 6.07) is 4.45. The zero-order valence-corrected chi connectivity index (χ0v) is 15.0. The Kier molecular flexibility index (Phi) is 4.35. The zero-order valence-electron chi connectivity index (χ0n) is 13.4. The first-order valence-corrected chi connectivity index (χ1v) is 9.53. The highest BCUT2D eigenvalue weighted by Crippen LogP contribution is 2.29. The lowest BCUT2D eigenvalue weighted by molar-refractivity contribution is 0.0728. The fraction of sp³-hybridized carbons (Fsp3) is 0.188. The first-order valence-electron chi connectivity index (χ1n) is 7.77. The molecule has 26 heavy (non-hydrogen) atoms. The average molecular weight is 387 g/mol. The molecule has 1 aliphatic heterocycles. The number of nitrogens with one attached hydrogen (secondary N) is 2. The number of rotatable bonds is 3. The highest BCUT2D eigenvalue weighted by molar-refractivity contribution is 7.16. The number of carbonyl (C=O) groups is 2. The lowest BCUT2D eigenvalue weighted by Gasteiger charge is -2.25. The number of fused-ring (bicyclic) bond motifs is 1. The molecule has 3 aromatic rings. The van der Waals surface area contributed by atoms with E-state index in [4.69, 9.17) is 0 Å². The van der Waals surface area contributed by atoms with Crippen LogP contribution in [0.2, 0.25) is 0 Å².